The summed E-state index contributed by atoms with van der Waals surface area (Å²) >= 11 is 13.8. The molecule has 9 nitrogen and oxygen atoms in total. The predicted octanol–water partition coefficient (Wildman–Crippen LogP) is 4.56. The SMILES string of the molecule is O=C(Cc1cccc(-n2nc(-c3cccs3)cc2NC(=O)Nc2cccc(Cl)c2Cl)c1)NCC(O)CO. The lowest BCUT2D eigenvalue weighted by Gasteiger charge is -2.12. The van der Waals surface area contributed by atoms with Gasteiger partial charge < -0.3 is 20.8 Å². The van der Waals surface area contributed by atoms with Crippen LogP contribution in [0.5, 0.6) is 0 Å². The van der Waals surface area contributed by atoms with Crippen LogP contribution in [0.4, 0.5) is 16.3 Å². The Kier molecular flexibility index (Phi) is 8.80. The molecule has 0 aliphatic heterocycles. The van der Waals surface area contributed by atoms with Crippen LogP contribution in [0, 0.1) is 0 Å². The van der Waals surface area contributed by atoms with Gasteiger partial charge in [-0.2, -0.15) is 5.10 Å². The highest BCUT2D eigenvalue weighted by molar-refractivity contribution is 7.13. The molecule has 0 aliphatic rings. The van der Waals surface area contributed by atoms with Crippen LogP contribution in [0.25, 0.3) is 16.3 Å². The molecule has 1 atom stereocenters. The van der Waals surface area contributed by atoms with Gasteiger partial charge in [-0.3, -0.25) is 10.1 Å². The summed E-state index contributed by atoms with van der Waals surface area (Å²) in [7, 11) is 0. The maximum atomic E-state index is 12.8. The molecule has 2 aromatic carbocycles. The van der Waals surface area contributed by atoms with E-state index in [1.807, 2.05) is 17.5 Å². The quantitative estimate of drug-likeness (QED) is 0.205. The maximum absolute atomic E-state index is 12.8. The Morgan fingerprint density at radius 3 is 2.62 bits per heavy atom. The molecule has 0 aliphatic carbocycles. The molecule has 2 heterocycles. The van der Waals surface area contributed by atoms with Crippen LogP contribution in [0.15, 0.2) is 66.0 Å². The Bertz CT molecular complexity index is 1390. The van der Waals surface area contributed by atoms with Crippen LogP contribution < -0.4 is 16.0 Å². The lowest BCUT2D eigenvalue weighted by atomic mass is 10.1. The highest BCUT2D eigenvalue weighted by Crippen LogP contribution is 2.31. The van der Waals surface area contributed by atoms with Crippen molar-refractivity contribution in [3.63, 3.8) is 0 Å². The van der Waals surface area contributed by atoms with Crippen LogP contribution in [0.2, 0.25) is 10.0 Å². The average Bonchev–Trinajstić information content (AvgIpc) is 3.56. The van der Waals surface area contributed by atoms with E-state index in [4.69, 9.17) is 28.3 Å². The minimum atomic E-state index is -1.02. The van der Waals surface area contributed by atoms with Crippen molar-refractivity contribution in [2.45, 2.75) is 12.5 Å². The Morgan fingerprint density at radius 1 is 1.05 bits per heavy atom. The fourth-order valence-electron chi connectivity index (χ4n) is 3.42. The van der Waals surface area contributed by atoms with E-state index in [-0.39, 0.29) is 23.9 Å². The molecule has 2 aromatic heterocycles. The van der Waals surface area contributed by atoms with Crippen molar-refractivity contribution >= 4 is 58.0 Å². The zero-order chi connectivity index (χ0) is 26.4. The van der Waals surface area contributed by atoms with Crippen LogP contribution >= 0.6 is 34.5 Å². The summed E-state index contributed by atoms with van der Waals surface area (Å²) in [4.78, 5) is 26.0. The second-order valence-electron chi connectivity index (χ2n) is 7.97. The number of aromatic nitrogens is 2. The summed E-state index contributed by atoms with van der Waals surface area (Å²) in [5.74, 6) is 0.0900. The van der Waals surface area contributed by atoms with Crippen LogP contribution in [0.3, 0.4) is 0 Å². The van der Waals surface area contributed by atoms with E-state index in [0.29, 0.717) is 33.5 Å². The summed E-state index contributed by atoms with van der Waals surface area (Å²) in [6.45, 7) is -0.479. The summed E-state index contributed by atoms with van der Waals surface area (Å²) in [5.41, 5.74) is 2.34. The molecule has 192 valence electrons. The number of aliphatic hydroxyl groups excluding tert-OH is 2. The summed E-state index contributed by atoms with van der Waals surface area (Å²) in [6.07, 6.45) is -0.960. The van der Waals surface area contributed by atoms with Crippen molar-refractivity contribution in [3.05, 3.63) is 81.7 Å². The van der Waals surface area contributed by atoms with Crippen molar-refractivity contribution in [3.8, 4) is 16.3 Å². The minimum Gasteiger partial charge on any atom is -0.394 e. The number of carbonyl (C=O) groups excluding carboxylic acids is 2. The molecule has 37 heavy (non-hydrogen) atoms. The van der Waals surface area contributed by atoms with E-state index >= 15 is 0 Å². The molecule has 12 heteroatoms. The zero-order valence-corrected chi connectivity index (χ0v) is 21.6. The topological polar surface area (TPSA) is 129 Å². The molecule has 0 bridgehead atoms. The van der Waals surface area contributed by atoms with Crippen molar-refractivity contribution < 1.29 is 19.8 Å². The molecular formula is C25H23Cl2N5O4S. The van der Waals surface area contributed by atoms with E-state index in [1.165, 1.54) is 11.3 Å². The summed E-state index contributed by atoms with van der Waals surface area (Å²) < 4.78 is 1.57. The molecule has 0 radical (unpaired) electrons. The molecule has 1 unspecified atom stereocenters. The smallest absolute Gasteiger partial charge is 0.324 e. The van der Waals surface area contributed by atoms with Gasteiger partial charge in [-0.15, -0.1) is 11.3 Å². The highest BCUT2D eigenvalue weighted by atomic mass is 35.5. The third-order valence-electron chi connectivity index (χ3n) is 5.19. The van der Waals surface area contributed by atoms with Crippen LogP contribution in [-0.4, -0.2) is 51.2 Å². The fourth-order valence-corrected chi connectivity index (χ4v) is 4.45. The molecule has 3 amide bonds. The van der Waals surface area contributed by atoms with Gasteiger partial charge in [0.25, 0.3) is 0 Å². The van der Waals surface area contributed by atoms with Crippen molar-refractivity contribution in [2.24, 2.45) is 0 Å². The van der Waals surface area contributed by atoms with E-state index in [2.05, 4.69) is 21.0 Å². The summed E-state index contributed by atoms with van der Waals surface area (Å²) in [5, 5.41) is 33.6. The number of halogens is 2. The second-order valence-corrected chi connectivity index (χ2v) is 9.70. The number of thiophene rings is 1. The molecule has 0 spiro atoms. The number of carbonyl (C=O) groups is 2. The first-order chi connectivity index (χ1) is 17.8. The Balaban J connectivity index is 1.58. The van der Waals surface area contributed by atoms with Crippen molar-refractivity contribution in [2.75, 3.05) is 23.8 Å². The van der Waals surface area contributed by atoms with Gasteiger partial charge >= 0.3 is 6.03 Å². The fraction of sp³-hybridized carbons (Fsp3) is 0.160. The van der Waals surface area contributed by atoms with Gasteiger partial charge in [0, 0.05) is 12.6 Å². The number of urea groups is 1. The molecule has 4 rings (SSSR count). The molecule has 0 fully saturated rings. The van der Waals surface area contributed by atoms with Crippen molar-refractivity contribution in [1.82, 2.24) is 15.1 Å². The maximum Gasteiger partial charge on any atom is 0.324 e. The number of anilines is 2. The van der Waals surface area contributed by atoms with Gasteiger partial charge in [-0.05, 0) is 41.3 Å². The number of nitrogens with one attached hydrogen (secondary N) is 3. The normalized spacial score (nSPS) is 11.7. The van der Waals surface area contributed by atoms with Gasteiger partial charge in [0.2, 0.25) is 5.91 Å². The van der Waals surface area contributed by atoms with Gasteiger partial charge in [0.05, 0.1) is 45.4 Å². The first kappa shape index (κ1) is 26.6. The number of benzene rings is 2. The average molecular weight is 560 g/mol. The van der Waals surface area contributed by atoms with Gasteiger partial charge in [-0.25, -0.2) is 9.48 Å². The number of hydrogen-bond donors (Lipinski definition) is 5. The van der Waals surface area contributed by atoms with Crippen LogP contribution in [0.1, 0.15) is 5.56 Å². The van der Waals surface area contributed by atoms with E-state index < -0.39 is 18.7 Å². The predicted molar refractivity (Wildman–Crippen MR) is 146 cm³/mol. The van der Waals surface area contributed by atoms with Crippen molar-refractivity contribution in [1.29, 1.82) is 0 Å². The Morgan fingerprint density at radius 2 is 1.86 bits per heavy atom. The third-order valence-corrected chi connectivity index (χ3v) is 6.90. The standard InChI is InChI=1S/C25H23Cl2N5O4S/c26-18-6-2-7-19(24(18)27)29-25(36)30-22-12-20(21-8-3-9-37-21)31-32(22)16-5-1-4-15(10-16)11-23(35)28-13-17(34)14-33/h1-10,12,17,33-34H,11,13-14H2,(H,28,35)(H2,29,30,36). The van der Waals surface area contributed by atoms with E-state index in [9.17, 15) is 14.7 Å². The van der Waals surface area contributed by atoms with Crippen LogP contribution in [-0.2, 0) is 11.2 Å². The van der Waals surface area contributed by atoms with E-state index in [1.54, 1.807) is 53.2 Å². The third kappa shape index (κ3) is 6.88. The molecule has 0 saturated carbocycles. The Hall–Kier alpha value is -3.41. The molecule has 4 aromatic rings. The number of aliphatic hydroxyl groups is 2. The number of rotatable bonds is 9. The van der Waals surface area contributed by atoms with Gasteiger partial charge in [0.1, 0.15) is 11.5 Å². The number of hydrogen-bond acceptors (Lipinski definition) is 6. The lowest BCUT2D eigenvalue weighted by molar-refractivity contribution is -0.121. The highest BCUT2D eigenvalue weighted by Gasteiger charge is 2.16. The van der Waals surface area contributed by atoms with Gasteiger partial charge in [-0.1, -0.05) is 47.5 Å². The molecule has 5 N–H and O–H groups in total. The number of amides is 3. The first-order valence-electron chi connectivity index (χ1n) is 11.1. The molecular weight excluding hydrogens is 537 g/mol. The minimum absolute atomic E-state index is 0.0435. The lowest BCUT2D eigenvalue weighted by Crippen LogP contribution is -2.34. The Labute approximate surface area is 226 Å². The monoisotopic (exact) mass is 559 g/mol. The second kappa shape index (κ2) is 12.2. The molecule has 0 saturated heterocycles. The largest absolute Gasteiger partial charge is 0.394 e. The first-order valence-corrected chi connectivity index (χ1v) is 12.8. The van der Waals surface area contributed by atoms with E-state index in [0.717, 1.165) is 4.88 Å². The zero-order valence-electron chi connectivity index (χ0n) is 19.3. The van der Waals surface area contributed by atoms with Gasteiger partial charge in [0.15, 0.2) is 0 Å². The summed E-state index contributed by atoms with van der Waals surface area (Å²) in [6, 6.07) is 17.1. The number of nitrogens with zero attached hydrogens (tertiary/aromatic N) is 2.